The van der Waals surface area contributed by atoms with Crippen LogP contribution in [0.2, 0.25) is 0 Å². The molecule has 0 saturated carbocycles. The van der Waals surface area contributed by atoms with Gasteiger partial charge in [-0.1, -0.05) is 6.07 Å². The number of aryl methyl sites for hydroxylation is 3. The van der Waals surface area contributed by atoms with Crippen molar-refractivity contribution in [2.75, 3.05) is 11.4 Å². The summed E-state index contributed by atoms with van der Waals surface area (Å²) >= 11 is 0. The summed E-state index contributed by atoms with van der Waals surface area (Å²) in [6.07, 6.45) is 5.56. The summed E-state index contributed by atoms with van der Waals surface area (Å²) in [5.41, 5.74) is 4.97. The third-order valence-electron chi connectivity index (χ3n) is 5.82. The minimum Gasteiger partial charge on any atom is -0.335 e. The molecule has 2 fully saturated rings. The molecule has 28 heavy (non-hydrogen) atoms. The summed E-state index contributed by atoms with van der Waals surface area (Å²) in [4.78, 5) is 30.9. The highest BCUT2D eigenvalue weighted by Gasteiger charge is 2.47. The third kappa shape index (κ3) is 2.82. The van der Waals surface area contributed by atoms with E-state index in [1.807, 2.05) is 41.5 Å². The van der Waals surface area contributed by atoms with Crippen LogP contribution in [0.3, 0.4) is 0 Å². The molecule has 144 valence electrons. The monoisotopic (exact) mass is 376 g/mol. The van der Waals surface area contributed by atoms with Gasteiger partial charge in [0.25, 0.3) is 0 Å². The number of imidazole rings is 1. The maximum absolute atomic E-state index is 12.8. The summed E-state index contributed by atoms with van der Waals surface area (Å²) in [6.45, 7) is 7.48. The van der Waals surface area contributed by atoms with Gasteiger partial charge in [0.05, 0.1) is 24.3 Å². The molecule has 0 aliphatic carbocycles. The van der Waals surface area contributed by atoms with Gasteiger partial charge in [-0.15, -0.1) is 0 Å². The Hall–Kier alpha value is -2.96. The van der Waals surface area contributed by atoms with E-state index in [0.29, 0.717) is 13.0 Å². The van der Waals surface area contributed by atoms with Crippen molar-refractivity contribution in [3.8, 4) is 0 Å². The molecule has 0 bridgehead atoms. The molecule has 0 unspecified atom stereocenters. The molecule has 7 heteroatoms. The zero-order chi connectivity index (χ0) is 19.4. The first-order valence-electron chi connectivity index (χ1n) is 9.80. The van der Waals surface area contributed by atoms with Gasteiger partial charge in [-0.2, -0.15) is 0 Å². The summed E-state index contributed by atoms with van der Waals surface area (Å²) in [5, 5.41) is 0. The Morgan fingerprint density at radius 1 is 1.04 bits per heavy atom. The normalized spacial score (nSPS) is 21.8. The van der Waals surface area contributed by atoms with Crippen LogP contribution in [0.25, 0.3) is 5.65 Å². The Morgan fingerprint density at radius 3 is 2.61 bits per heavy atom. The topological polar surface area (TPSA) is 66.6 Å². The minimum absolute atomic E-state index is 0.146. The molecule has 7 nitrogen and oxygen atoms in total. The number of carbonyl (C=O) groups is 1. The summed E-state index contributed by atoms with van der Waals surface area (Å²) in [6, 6.07) is 6.40. The lowest BCUT2D eigenvalue weighted by Crippen LogP contribution is -2.37. The van der Waals surface area contributed by atoms with Gasteiger partial charge in [0.1, 0.15) is 5.65 Å². The van der Waals surface area contributed by atoms with E-state index in [4.69, 9.17) is 4.98 Å². The number of aromatic nitrogens is 4. The van der Waals surface area contributed by atoms with Crippen LogP contribution < -0.4 is 4.90 Å². The lowest BCUT2D eigenvalue weighted by atomic mass is 10.1. The second-order valence-electron chi connectivity index (χ2n) is 8.00. The Bertz CT molecular complexity index is 1050. The SMILES string of the molecule is Cc1ccc2nc(CN3C(=O)C[C@H]4[C@@H]3CCN4c3nc(C)cc(C)n3)cn2c1. The van der Waals surface area contributed by atoms with Gasteiger partial charge >= 0.3 is 0 Å². The number of likely N-dealkylation sites (tertiary alicyclic amines) is 1. The van der Waals surface area contributed by atoms with Crippen molar-refractivity contribution < 1.29 is 4.79 Å². The number of amides is 1. The van der Waals surface area contributed by atoms with Crippen molar-refractivity contribution in [2.45, 2.75) is 52.2 Å². The average molecular weight is 376 g/mol. The number of rotatable bonds is 3. The molecule has 5 rings (SSSR count). The van der Waals surface area contributed by atoms with Gasteiger partial charge in [-0.25, -0.2) is 15.0 Å². The quantitative estimate of drug-likeness (QED) is 0.702. The molecule has 2 saturated heterocycles. The molecule has 3 aromatic rings. The fraction of sp³-hybridized carbons (Fsp3) is 0.429. The summed E-state index contributed by atoms with van der Waals surface area (Å²) in [7, 11) is 0. The van der Waals surface area contributed by atoms with E-state index in [1.54, 1.807) is 0 Å². The number of nitrogens with zero attached hydrogens (tertiary/aromatic N) is 6. The first-order valence-corrected chi connectivity index (χ1v) is 9.80. The number of pyridine rings is 1. The predicted molar refractivity (Wildman–Crippen MR) is 106 cm³/mol. The van der Waals surface area contributed by atoms with Crippen LogP contribution in [0.15, 0.2) is 30.6 Å². The van der Waals surface area contributed by atoms with Crippen LogP contribution in [0.1, 0.15) is 35.5 Å². The van der Waals surface area contributed by atoms with Crippen molar-refractivity contribution >= 4 is 17.5 Å². The third-order valence-corrected chi connectivity index (χ3v) is 5.82. The Morgan fingerprint density at radius 2 is 1.82 bits per heavy atom. The number of hydrogen-bond acceptors (Lipinski definition) is 5. The fourth-order valence-corrected chi connectivity index (χ4v) is 4.62. The number of fused-ring (bicyclic) bond motifs is 2. The molecule has 2 aliphatic heterocycles. The van der Waals surface area contributed by atoms with Gasteiger partial charge in [0.15, 0.2) is 0 Å². The zero-order valence-electron chi connectivity index (χ0n) is 16.5. The van der Waals surface area contributed by atoms with Crippen LogP contribution in [0, 0.1) is 20.8 Å². The molecular formula is C21H24N6O. The van der Waals surface area contributed by atoms with Crippen LogP contribution in [-0.4, -0.2) is 48.8 Å². The summed E-state index contributed by atoms with van der Waals surface area (Å²) < 4.78 is 2.03. The predicted octanol–water partition coefficient (Wildman–Crippen LogP) is 2.43. The van der Waals surface area contributed by atoms with Gasteiger partial charge in [0, 0.05) is 36.7 Å². The van der Waals surface area contributed by atoms with E-state index in [0.717, 1.165) is 41.6 Å². The average Bonchev–Trinajstić information content (AvgIpc) is 3.29. The second-order valence-corrected chi connectivity index (χ2v) is 8.00. The molecule has 2 aliphatic rings. The molecule has 3 aromatic heterocycles. The van der Waals surface area contributed by atoms with Gasteiger partial charge in [-0.3, -0.25) is 4.79 Å². The van der Waals surface area contributed by atoms with Gasteiger partial charge < -0.3 is 14.2 Å². The van der Waals surface area contributed by atoms with Crippen molar-refractivity contribution in [3.05, 3.63) is 53.2 Å². The maximum atomic E-state index is 12.8. The summed E-state index contributed by atoms with van der Waals surface area (Å²) in [5.74, 6) is 0.945. The Labute approximate surface area is 164 Å². The standard InChI is InChI=1S/C21H24N6O/c1-13-4-5-19-24-16(11-25(19)10-13)12-27-17-6-7-26(18(17)9-20(27)28)21-22-14(2)8-15(3)23-21/h4-5,8,10-11,17-18H,6-7,9,12H2,1-3H3/t17-,18-/m0/s1. The van der Waals surface area contributed by atoms with E-state index >= 15 is 0 Å². The van der Waals surface area contributed by atoms with Crippen LogP contribution in [0.4, 0.5) is 5.95 Å². The van der Waals surface area contributed by atoms with E-state index in [9.17, 15) is 4.79 Å². The van der Waals surface area contributed by atoms with E-state index in [1.165, 1.54) is 5.56 Å². The second kappa shape index (κ2) is 6.29. The maximum Gasteiger partial charge on any atom is 0.226 e. The van der Waals surface area contributed by atoms with Crippen molar-refractivity contribution in [3.63, 3.8) is 0 Å². The Kier molecular flexibility index (Phi) is 3.86. The largest absolute Gasteiger partial charge is 0.335 e. The lowest BCUT2D eigenvalue weighted by Gasteiger charge is -2.25. The highest BCUT2D eigenvalue weighted by molar-refractivity contribution is 5.81. The molecule has 5 heterocycles. The smallest absolute Gasteiger partial charge is 0.226 e. The molecule has 0 radical (unpaired) electrons. The lowest BCUT2D eigenvalue weighted by molar-refractivity contribution is -0.129. The molecule has 2 atom stereocenters. The molecule has 1 amide bonds. The zero-order valence-corrected chi connectivity index (χ0v) is 16.5. The van der Waals surface area contributed by atoms with Crippen molar-refractivity contribution in [1.82, 2.24) is 24.3 Å². The highest BCUT2D eigenvalue weighted by atomic mass is 16.2. The first-order chi connectivity index (χ1) is 13.5. The van der Waals surface area contributed by atoms with Crippen LogP contribution >= 0.6 is 0 Å². The van der Waals surface area contributed by atoms with Crippen molar-refractivity contribution in [2.24, 2.45) is 0 Å². The fourth-order valence-electron chi connectivity index (χ4n) is 4.62. The Balaban J connectivity index is 1.39. The first kappa shape index (κ1) is 17.2. The number of carbonyl (C=O) groups excluding carboxylic acids is 1. The van der Waals surface area contributed by atoms with Crippen LogP contribution in [0.5, 0.6) is 0 Å². The number of hydrogen-bond donors (Lipinski definition) is 0. The minimum atomic E-state index is 0.146. The van der Waals surface area contributed by atoms with Crippen LogP contribution in [-0.2, 0) is 11.3 Å². The van der Waals surface area contributed by atoms with E-state index in [2.05, 4.69) is 34.1 Å². The van der Waals surface area contributed by atoms with Crippen molar-refractivity contribution in [1.29, 1.82) is 0 Å². The highest BCUT2D eigenvalue weighted by Crippen LogP contribution is 2.35. The van der Waals surface area contributed by atoms with E-state index in [-0.39, 0.29) is 18.0 Å². The molecule has 0 spiro atoms. The van der Waals surface area contributed by atoms with Gasteiger partial charge in [0.2, 0.25) is 11.9 Å². The number of anilines is 1. The molecule has 0 aromatic carbocycles. The molecule has 0 N–H and O–H groups in total. The van der Waals surface area contributed by atoms with Gasteiger partial charge in [-0.05, 0) is 44.9 Å². The molecular weight excluding hydrogens is 352 g/mol. The van der Waals surface area contributed by atoms with E-state index < -0.39 is 0 Å².